The van der Waals surface area contributed by atoms with Crippen LogP contribution in [-0.4, -0.2) is 37.6 Å². The van der Waals surface area contributed by atoms with Crippen LogP contribution in [0.25, 0.3) is 0 Å². The first kappa shape index (κ1) is 12.9. The minimum Gasteiger partial charge on any atom is -0.348 e. The SMILES string of the molecule is CC[C@H](OS(=O)(=O)O)[C@H]1COC(C)(C)O1. The summed E-state index contributed by atoms with van der Waals surface area (Å²) in [6.45, 7) is 5.45. The summed E-state index contributed by atoms with van der Waals surface area (Å²) < 4.78 is 44.9. The van der Waals surface area contributed by atoms with Gasteiger partial charge in [-0.2, -0.15) is 8.42 Å². The maximum Gasteiger partial charge on any atom is 0.397 e. The molecule has 0 bridgehead atoms. The van der Waals surface area contributed by atoms with E-state index in [4.69, 9.17) is 14.0 Å². The Kier molecular flexibility index (Phi) is 3.72. The second-order valence-corrected chi connectivity index (χ2v) is 4.89. The number of hydrogen-bond donors (Lipinski definition) is 1. The van der Waals surface area contributed by atoms with Crippen LogP contribution in [0.2, 0.25) is 0 Å². The molecule has 0 unspecified atom stereocenters. The summed E-state index contributed by atoms with van der Waals surface area (Å²) in [6.07, 6.45) is -0.794. The summed E-state index contributed by atoms with van der Waals surface area (Å²) >= 11 is 0. The molecule has 0 saturated carbocycles. The Balaban J connectivity index is 2.61. The van der Waals surface area contributed by atoms with Gasteiger partial charge in [-0.25, -0.2) is 4.18 Å². The highest BCUT2D eigenvalue weighted by Gasteiger charge is 2.38. The van der Waals surface area contributed by atoms with Gasteiger partial charge in [0.05, 0.1) is 6.61 Å². The molecule has 6 nitrogen and oxygen atoms in total. The van der Waals surface area contributed by atoms with E-state index in [9.17, 15) is 8.42 Å². The van der Waals surface area contributed by atoms with Gasteiger partial charge in [-0.1, -0.05) is 6.92 Å². The standard InChI is InChI=1S/C8H16O6S/c1-4-6(14-15(9,10)11)7-5-12-8(2,3)13-7/h6-7H,4-5H2,1-3H3,(H,9,10,11)/t6-,7+/m0/s1. The van der Waals surface area contributed by atoms with E-state index in [1.165, 1.54) is 0 Å². The molecule has 7 heteroatoms. The van der Waals surface area contributed by atoms with Gasteiger partial charge in [0.15, 0.2) is 5.79 Å². The van der Waals surface area contributed by atoms with Gasteiger partial charge >= 0.3 is 10.4 Å². The van der Waals surface area contributed by atoms with Crippen LogP contribution >= 0.6 is 0 Å². The van der Waals surface area contributed by atoms with Crippen LogP contribution in [0.15, 0.2) is 0 Å². The third-order valence-corrected chi connectivity index (χ3v) is 2.58. The molecule has 1 aliphatic rings. The Morgan fingerprint density at radius 3 is 2.53 bits per heavy atom. The molecule has 1 rings (SSSR count). The molecule has 2 atom stereocenters. The summed E-state index contributed by atoms with van der Waals surface area (Å²) in [5, 5.41) is 0. The lowest BCUT2D eigenvalue weighted by molar-refractivity contribution is -0.149. The van der Waals surface area contributed by atoms with Crippen molar-refractivity contribution in [3.8, 4) is 0 Å². The summed E-state index contributed by atoms with van der Waals surface area (Å²) in [7, 11) is -4.45. The molecule has 0 aromatic carbocycles. The van der Waals surface area contributed by atoms with Crippen molar-refractivity contribution >= 4 is 10.4 Å². The molecule has 1 heterocycles. The van der Waals surface area contributed by atoms with E-state index in [0.717, 1.165) is 0 Å². The predicted octanol–water partition coefficient (Wildman–Crippen LogP) is 0.736. The number of rotatable bonds is 4. The molecule has 0 amide bonds. The molecule has 1 N–H and O–H groups in total. The molecule has 0 aromatic heterocycles. The first-order valence-electron chi connectivity index (χ1n) is 4.71. The van der Waals surface area contributed by atoms with E-state index >= 15 is 0 Å². The monoisotopic (exact) mass is 240 g/mol. The fraction of sp³-hybridized carbons (Fsp3) is 1.00. The smallest absolute Gasteiger partial charge is 0.348 e. The third-order valence-electron chi connectivity index (χ3n) is 2.09. The molecular formula is C8H16O6S. The molecule has 1 saturated heterocycles. The molecule has 15 heavy (non-hydrogen) atoms. The van der Waals surface area contributed by atoms with Gasteiger partial charge in [-0.05, 0) is 20.3 Å². The average molecular weight is 240 g/mol. The summed E-state index contributed by atoms with van der Waals surface area (Å²) in [4.78, 5) is 0. The largest absolute Gasteiger partial charge is 0.397 e. The minimum absolute atomic E-state index is 0.251. The highest BCUT2D eigenvalue weighted by atomic mass is 32.3. The van der Waals surface area contributed by atoms with Crippen molar-refractivity contribution < 1.29 is 26.6 Å². The van der Waals surface area contributed by atoms with E-state index in [1.54, 1.807) is 20.8 Å². The van der Waals surface area contributed by atoms with Gasteiger partial charge in [0.25, 0.3) is 0 Å². The van der Waals surface area contributed by atoms with Crippen molar-refractivity contribution in [1.82, 2.24) is 0 Å². The maximum absolute atomic E-state index is 10.6. The molecular weight excluding hydrogens is 224 g/mol. The van der Waals surface area contributed by atoms with Gasteiger partial charge in [0, 0.05) is 0 Å². The first-order chi connectivity index (χ1) is 6.73. The lowest BCUT2D eigenvalue weighted by Crippen LogP contribution is -2.34. The van der Waals surface area contributed by atoms with Crippen molar-refractivity contribution in [2.24, 2.45) is 0 Å². The lowest BCUT2D eigenvalue weighted by atomic mass is 10.2. The van der Waals surface area contributed by atoms with Gasteiger partial charge < -0.3 is 9.47 Å². The average Bonchev–Trinajstić information content (AvgIpc) is 2.40. The van der Waals surface area contributed by atoms with Crippen molar-refractivity contribution in [2.45, 2.75) is 45.2 Å². The molecule has 1 fully saturated rings. The van der Waals surface area contributed by atoms with Crippen LogP contribution in [0.4, 0.5) is 0 Å². The van der Waals surface area contributed by atoms with E-state index in [2.05, 4.69) is 4.18 Å². The van der Waals surface area contributed by atoms with Crippen LogP contribution in [0.5, 0.6) is 0 Å². The van der Waals surface area contributed by atoms with Crippen LogP contribution in [-0.2, 0) is 24.1 Å². The number of hydrogen-bond acceptors (Lipinski definition) is 5. The van der Waals surface area contributed by atoms with Gasteiger partial charge in [-0.15, -0.1) is 0 Å². The molecule has 0 aromatic rings. The number of ether oxygens (including phenoxy) is 2. The molecule has 90 valence electrons. The van der Waals surface area contributed by atoms with Crippen molar-refractivity contribution in [3.63, 3.8) is 0 Å². The van der Waals surface area contributed by atoms with Crippen LogP contribution < -0.4 is 0 Å². The van der Waals surface area contributed by atoms with Gasteiger partial charge in [-0.3, -0.25) is 4.55 Å². The minimum atomic E-state index is -4.45. The van der Waals surface area contributed by atoms with Crippen molar-refractivity contribution in [3.05, 3.63) is 0 Å². The zero-order valence-corrected chi connectivity index (χ0v) is 9.78. The second kappa shape index (κ2) is 4.34. The predicted molar refractivity (Wildman–Crippen MR) is 51.6 cm³/mol. The highest BCUT2D eigenvalue weighted by molar-refractivity contribution is 7.80. The first-order valence-corrected chi connectivity index (χ1v) is 6.07. The zero-order valence-electron chi connectivity index (χ0n) is 8.97. The van der Waals surface area contributed by atoms with E-state index in [-0.39, 0.29) is 6.61 Å². The summed E-state index contributed by atoms with van der Waals surface area (Å²) in [6, 6.07) is 0. The molecule has 0 radical (unpaired) electrons. The van der Waals surface area contributed by atoms with E-state index < -0.39 is 28.4 Å². The molecule has 0 spiro atoms. The topological polar surface area (TPSA) is 82.1 Å². The summed E-state index contributed by atoms with van der Waals surface area (Å²) in [5.41, 5.74) is 0. The maximum atomic E-state index is 10.6. The molecule has 0 aliphatic carbocycles. The third kappa shape index (κ3) is 4.04. The van der Waals surface area contributed by atoms with Crippen molar-refractivity contribution in [2.75, 3.05) is 6.61 Å². The lowest BCUT2D eigenvalue weighted by Gasteiger charge is -2.21. The Morgan fingerprint density at radius 1 is 1.60 bits per heavy atom. The quantitative estimate of drug-likeness (QED) is 0.730. The Hall–Kier alpha value is -0.210. The van der Waals surface area contributed by atoms with Crippen molar-refractivity contribution in [1.29, 1.82) is 0 Å². The van der Waals surface area contributed by atoms with Gasteiger partial charge in [0.2, 0.25) is 0 Å². The zero-order chi connectivity index (χ0) is 11.7. The Bertz CT molecular complexity index is 309. The Labute approximate surface area is 89.5 Å². The van der Waals surface area contributed by atoms with E-state index in [1.807, 2.05) is 0 Å². The van der Waals surface area contributed by atoms with Crippen LogP contribution in [0.3, 0.4) is 0 Å². The Morgan fingerprint density at radius 2 is 2.20 bits per heavy atom. The normalized spacial score (nSPS) is 27.9. The summed E-state index contributed by atoms with van der Waals surface area (Å²) in [5.74, 6) is -0.735. The van der Waals surface area contributed by atoms with Crippen LogP contribution in [0, 0.1) is 0 Å². The second-order valence-electron chi connectivity index (χ2n) is 3.84. The molecule has 1 aliphatic heterocycles. The fourth-order valence-electron chi connectivity index (χ4n) is 1.45. The highest BCUT2D eigenvalue weighted by Crippen LogP contribution is 2.26. The van der Waals surface area contributed by atoms with Crippen LogP contribution in [0.1, 0.15) is 27.2 Å². The fourth-order valence-corrected chi connectivity index (χ4v) is 2.02. The van der Waals surface area contributed by atoms with E-state index in [0.29, 0.717) is 6.42 Å². The van der Waals surface area contributed by atoms with Gasteiger partial charge in [0.1, 0.15) is 12.2 Å².